The first-order valence-electron chi connectivity index (χ1n) is 8.59. The summed E-state index contributed by atoms with van der Waals surface area (Å²) in [5.41, 5.74) is 2.11. The molecule has 2 heterocycles. The highest BCUT2D eigenvalue weighted by Crippen LogP contribution is 2.45. The summed E-state index contributed by atoms with van der Waals surface area (Å²) in [4.78, 5) is 12.3. The fourth-order valence-corrected chi connectivity index (χ4v) is 5.66. The molecule has 0 aliphatic carbocycles. The van der Waals surface area contributed by atoms with Crippen molar-refractivity contribution in [3.05, 3.63) is 29.8 Å². The number of benzene rings is 1. The summed E-state index contributed by atoms with van der Waals surface area (Å²) in [6.45, 7) is 3.09. The average molecular weight is 368 g/mol. The second-order valence-electron chi connectivity index (χ2n) is 6.15. The summed E-state index contributed by atoms with van der Waals surface area (Å²) >= 11 is 3.93. The average Bonchev–Trinajstić information content (AvgIpc) is 3.15. The van der Waals surface area contributed by atoms with Crippen molar-refractivity contribution in [1.29, 1.82) is 0 Å². The van der Waals surface area contributed by atoms with Gasteiger partial charge in [0.2, 0.25) is 0 Å². The first-order valence-corrected chi connectivity index (χ1v) is 10.7. The lowest BCUT2D eigenvalue weighted by Gasteiger charge is -2.24. The van der Waals surface area contributed by atoms with Crippen molar-refractivity contribution < 1.29 is 14.3 Å². The number of anilines is 1. The Morgan fingerprint density at radius 3 is 2.96 bits per heavy atom. The van der Waals surface area contributed by atoms with Crippen LogP contribution in [0.3, 0.4) is 0 Å². The van der Waals surface area contributed by atoms with Crippen LogP contribution in [-0.2, 0) is 14.3 Å². The number of rotatable bonds is 6. The zero-order valence-electron chi connectivity index (χ0n) is 14.0. The van der Waals surface area contributed by atoms with Gasteiger partial charge in [0.15, 0.2) is 0 Å². The van der Waals surface area contributed by atoms with Crippen molar-refractivity contribution in [1.82, 2.24) is 0 Å². The van der Waals surface area contributed by atoms with Crippen LogP contribution in [-0.4, -0.2) is 42.8 Å². The maximum absolute atomic E-state index is 12.3. The van der Waals surface area contributed by atoms with Crippen molar-refractivity contribution in [3.63, 3.8) is 0 Å². The Labute approximate surface area is 152 Å². The molecule has 1 N–H and O–H groups in total. The number of carbonyl (C=O) groups is 1. The molecule has 0 bridgehead atoms. The Morgan fingerprint density at radius 2 is 2.21 bits per heavy atom. The minimum atomic E-state index is -0.477. The van der Waals surface area contributed by atoms with Gasteiger partial charge in [-0.05, 0) is 43.9 Å². The molecule has 0 radical (unpaired) electrons. The normalized spacial score (nSPS) is 23.1. The number of hydrogen-bond donors (Lipinski definition) is 1. The molecule has 132 valence electrons. The van der Waals surface area contributed by atoms with Gasteiger partial charge in [0, 0.05) is 23.8 Å². The summed E-state index contributed by atoms with van der Waals surface area (Å²) < 4.78 is 11.8. The zero-order valence-corrected chi connectivity index (χ0v) is 15.7. The Bertz CT molecular complexity index is 543. The van der Waals surface area contributed by atoms with E-state index in [4.69, 9.17) is 9.47 Å². The van der Waals surface area contributed by atoms with Gasteiger partial charge in [0.1, 0.15) is 6.10 Å². The Kier molecular flexibility index (Phi) is 6.89. The fraction of sp³-hybridized carbons (Fsp3) is 0.611. The molecule has 2 saturated heterocycles. The van der Waals surface area contributed by atoms with E-state index in [1.165, 1.54) is 23.5 Å². The van der Waals surface area contributed by atoms with E-state index in [2.05, 4.69) is 17.4 Å². The topological polar surface area (TPSA) is 47.6 Å². The molecular weight excluding hydrogens is 342 g/mol. The van der Waals surface area contributed by atoms with E-state index in [0.29, 0.717) is 11.2 Å². The summed E-state index contributed by atoms with van der Waals surface area (Å²) in [6, 6.07) is 8.14. The summed E-state index contributed by atoms with van der Waals surface area (Å²) in [5.74, 6) is 2.29. The van der Waals surface area contributed by atoms with Gasteiger partial charge in [0.25, 0.3) is 5.91 Å². The van der Waals surface area contributed by atoms with Gasteiger partial charge in [-0.15, -0.1) is 23.5 Å². The molecule has 0 spiro atoms. The van der Waals surface area contributed by atoms with Crippen LogP contribution in [0.4, 0.5) is 5.69 Å². The van der Waals surface area contributed by atoms with Crippen LogP contribution in [0.1, 0.15) is 36.3 Å². The standard InChI is InChI=1S/C18H25NO3S2/c1-13(22-12-16-7-2-3-8-21-16)17(20)19-15-6-4-5-14(11-15)18-23-9-10-24-18/h4-6,11,13,16,18H,2-3,7-10,12H2,1H3,(H,19,20)/t13-,16+/m1/s1. The number of nitrogens with one attached hydrogen (secondary N) is 1. The van der Waals surface area contributed by atoms with E-state index < -0.39 is 6.10 Å². The van der Waals surface area contributed by atoms with E-state index >= 15 is 0 Å². The molecule has 0 aromatic heterocycles. The van der Waals surface area contributed by atoms with E-state index in [1.54, 1.807) is 6.92 Å². The van der Waals surface area contributed by atoms with Gasteiger partial charge < -0.3 is 14.8 Å². The first-order chi connectivity index (χ1) is 11.7. The SMILES string of the molecule is C[C@@H](OC[C@@H]1CCCCO1)C(=O)Nc1cccc(C2SCCS2)c1. The number of ether oxygens (including phenoxy) is 2. The molecule has 6 heteroatoms. The number of hydrogen-bond acceptors (Lipinski definition) is 5. The predicted octanol–water partition coefficient (Wildman–Crippen LogP) is 4.08. The molecule has 1 amide bonds. The summed E-state index contributed by atoms with van der Waals surface area (Å²) in [5, 5.41) is 2.97. The molecule has 2 atom stereocenters. The molecule has 4 nitrogen and oxygen atoms in total. The van der Waals surface area contributed by atoms with Crippen LogP contribution in [0.25, 0.3) is 0 Å². The van der Waals surface area contributed by atoms with Crippen molar-refractivity contribution >= 4 is 35.1 Å². The van der Waals surface area contributed by atoms with Crippen LogP contribution >= 0.6 is 23.5 Å². The Morgan fingerprint density at radius 1 is 1.38 bits per heavy atom. The molecule has 1 aromatic rings. The van der Waals surface area contributed by atoms with Crippen molar-refractivity contribution in [2.24, 2.45) is 0 Å². The monoisotopic (exact) mass is 367 g/mol. The van der Waals surface area contributed by atoms with Crippen molar-refractivity contribution in [2.75, 3.05) is 30.0 Å². The van der Waals surface area contributed by atoms with E-state index in [1.807, 2.05) is 35.7 Å². The van der Waals surface area contributed by atoms with Gasteiger partial charge in [-0.2, -0.15) is 0 Å². The summed E-state index contributed by atoms with van der Waals surface area (Å²) in [6.07, 6.45) is 2.98. The van der Waals surface area contributed by atoms with Crippen LogP contribution in [0.15, 0.2) is 24.3 Å². The third-order valence-corrected chi connectivity index (χ3v) is 7.33. The minimum Gasteiger partial charge on any atom is -0.376 e. The summed E-state index contributed by atoms with van der Waals surface area (Å²) in [7, 11) is 0. The minimum absolute atomic E-state index is 0.102. The maximum Gasteiger partial charge on any atom is 0.253 e. The van der Waals surface area contributed by atoms with Crippen molar-refractivity contribution in [2.45, 2.75) is 43.0 Å². The lowest BCUT2D eigenvalue weighted by molar-refractivity contribution is -0.130. The number of amides is 1. The van der Waals surface area contributed by atoms with Crippen LogP contribution in [0.5, 0.6) is 0 Å². The first kappa shape index (κ1) is 18.1. The fourth-order valence-electron chi connectivity index (χ4n) is 2.82. The highest BCUT2D eigenvalue weighted by Gasteiger charge is 2.21. The third kappa shape index (κ3) is 5.15. The Balaban J connectivity index is 1.49. The number of thioether (sulfide) groups is 2. The number of carbonyl (C=O) groups excluding carboxylic acids is 1. The molecular formula is C18H25NO3S2. The molecule has 2 fully saturated rings. The van der Waals surface area contributed by atoms with Gasteiger partial charge in [0.05, 0.1) is 17.3 Å². The van der Waals surface area contributed by atoms with Crippen LogP contribution < -0.4 is 5.32 Å². The van der Waals surface area contributed by atoms with Crippen LogP contribution in [0, 0.1) is 0 Å². The van der Waals surface area contributed by atoms with Crippen LogP contribution in [0.2, 0.25) is 0 Å². The molecule has 24 heavy (non-hydrogen) atoms. The second kappa shape index (κ2) is 9.13. The molecule has 0 saturated carbocycles. The molecule has 0 unspecified atom stereocenters. The quantitative estimate of drug-likeness (QED) is 0.821. The molecule has 2 aliphatic rings. The van der Waals surface area contributed by atoms with Gasteiger partial charge in [-0.25, -0.2) is 0 Å². The zero-order chi connectivity index (χ0) is 16.8. The lowest BCUT2D eigenvalue weighted by Crippen LogP contribution is -2.32. The van der Waals surface area contributed by atoms with E-state index in [0.717, 1.165) is 25.1 Å². The van der Waals surface area contributed by atoms with Crippen molar-refractivity contribution in [3.8, 4) is 0 Å². The molecule has 3 rings (SSSR count). The predicted molar refractivity (Wildman–Crippen MR) is 102 cm³/mol. The molecule has 1 aromatic carbocycles. The lowest BCUT2D eigenvalue weighted by atomic mass is 10.1. The highest BCUT2D eigenvalue weighted by molar-refractivity contribution is 8.19. The Hall–Kier alpha value is -0.690. The third-order valence-electron chi connectivity index (χ3n) is 4.22. The van der Waals surface area contributed by atoms with Gasteiger partial charge in [-0.3, -0.25) is 4.79 Å². The van der Waals surface area contributed by atoms with Gasteiger partial charge >= 0.3 is 0 Å². The van der Waals surface area contributed by atoms with E-state index in [9.17, 15) is 4.79 Å². The molecule has 2 aliphatic heterocycles. The van der Waals surface area contributed by atoms with E-state index in [-0.39, 0.29) is 12.0 Å². The highest BCUT2D eigenvalue weighted by atomic mass is 32.2. The second-order valence-corrected chi connectivity index (χ2v) is 8.88. The largest absolute Gasteiger partial charge is 0.376 e. The smallest absolute Gasteiger partial charge is 0.253 e. The maximum atomic E-state index is 12.3. The van der Waals surface area contributed by atoms with Gasteiger partial charge in [-0.1, -0.05) is 12.1 Å².